The third-order valence-electron chi connectivity index (χ3n) is 4.16. The molecule has 4 heteroatoms. The number of aromatic nitrogens is 1. The number of anilines is 1. The average Bonchev–Trinajstić information content (AvgIpc) is 2.61. The summed E-state index contributed by atoms with van der Waals surface area (Å²) >= 11 is 0. The highest BCUT2D eigenvalue weighted by Gasteiger charge is 2.24. The second-order valence-corrected chi connectivity index (χ2v) is 5.64. The van der Waals surface area contributed by atoms with Gasteiger partial charge in [-0.25, -0.2) is 0 Å². The van der Waals surface area contributed by atoms with E-state index in [4.69, 9.17) is 0 Å². The molecule has 4 nitrogen and oxygen atoms in total. The second-order valence-electron chi connectivity index (χ2n) is 5.64. The zero-order chi connectivity index (χ0) is 15.2. The summed E-state index contributed by atoms with van der Waals surface area (Å²) in [7, 11) is 0. The summed E-state index contributed by atoms with van der Waals surface area (Å²) in [6, 6.07) is 16.1. The van der Waals surface area contributed by atoms with Crippen LogP contribution in [0.3, 0.4) is 0 Å². The molecule has 3 rings (SSSR count). The van der Waals surface area contributed by atoms with Crippen molar-refractivity contribution in [1.29, 1.82) is 0 Å². The molecular weight excluding hydrogens is 274 g/mol. The molecule has 1 aliphatic rings. The SMILES string of the molecule is O=C(NCc1ccccn1)C1CCN(c2ccccc2)CC1. The summed E-state index contributed by atoms with van der Waals surface area (Å²) < 4.78 is 0. The molecular formula is C18H21N3O. The van der Waals surface area contributed by atoms with Gasteiger partial charge in [0, 0.05) is 30.9 Å². The Morgan fingerprint density at radius 3 is 2.50 bits per heavy atom. The maximum atomic E-state index is 12.3. The molecule has 1 N–H and O–H groups in total. The Kier molecular flexibility index (Phi) is 4.68. The van der Waals surface area contributed by atoms with Gasteiger partial charge in [0.05, 0.1) is 12.2 Å². The molecule has 0 atom stereocenters. The van der Waals surface area contributed by atoms with Crippen molar-refractivity contribution < 1.29 is 4.79 Å². The second kappa shape index (κ2) is 7.07. The van der Waals surface area contributed by atoms with Crippen LogP contribution >= 0.6 is 0 Å². The van der Waals surface area contributed by atoms with Crippen LogP contribution in [0.5, 0.6) is 0 Å². The number of pyridine rings is 1. The van der Waals surface area contributed by atoms with Crippen molar-refractivity contribution in [1.82, 2.24) is 10.3 Å². The Morgan fingerprint density at radius 2 is 1.82 bits per heavy atom. The molecule has 114 valence electrons. The fourth-order valence-electron chi connectivity index (χ4n) is 2.86. The standard InChI is InChI=1S/C18H21N3O/c22-18(20-14-16-6-4-5-11-19-16)15-9-12-21(13-10-15)17-7-2-1-3-8-17/h1-8,11,15H,9-10,12-14H2,(H,20,22). The molecule has 2 aromatic rings. The quantitative estimate of drug-likeness (QED) is 0.943. The largest absolute Gasteiger partial charge is 0.371 e. The van der Waals surface area contributed by atoms with E-state index in [9.17, 15) is 4.79 Å². The van der Waals surface area contributed by atoms with E-state index >= 15 is 0 Å². The molecule has 2 heterocycles. The Balaban J connectivity index is 1.48. The van der Waals surface area contributed by atoms with Crippen LogP contribution in [0.1, 0.15) is 18.5 Å². The van der Waals surface area contributed by atoms with Gasteiger partial charge < -0.3 is 10.2 Å². The van der Waals surface area contributed by atoms with Crippen LogP contribution in [0, 0.1) is 5.92 Å². The van der Waals surface area contributed by atoms with Crippen LogP contribution in [0.25, 0.3) is 0 Å². The minimum Gasteiger partial charge on any atom is -0.371 e. The van der Waals surface area contributed by atoms with Gasteiger partial charge in [-0.05, 0) is 37.1 Å². The fourth-order valence-corrected chi connectivity index (χ4v) is 2.86. The lowest BCUT2D eigenvalue weighted by Crippen LogP contribution is -2.40. The first kappa shape index (κ1) is 14.6. The first-order chi connectivity index (χ1) is 10.8. The number of rotatable bonds is 4. The number of nitrogens with zero attached hydrogens (tertiary/aromatic N) is 2. The zero-order valence-electron chi connectivity index (χ0n) is 12.6. The molecule has 22 heavy (non-hydrogen) atoms. The van der Waals surface area contributed by atoms with E-state index in [1.54, 1.807) is 6.20 Å². The number of carbonyl (C=O) groups is 1. The summed E-state index contributed by atoms with van der Waals surface area (Å²) in [6.07, 6.45) is 3.56. The summed E-state index contributed by atoms with van der Waals surface area (Å²) in [6.45, 7) is 2.38. The molecule has 0 radical (unpaired) electrons. The smallest absolute Gasteiger partial charge is 0.223 e. The van der Waals surface area contributed by atoms with E-state index in [-0.39, 0.29) is 11.8 Å². The third kappa shape index (κ3) is 3.64. The van der Waals surface area contributed by atoms with Gasteiger partial charge in [-0.3, -0.25) is 9.78 Å². The van der Waals surface area contributed by atoms with Crippen LogP contribution in [-0.2, 0) is 11.3 Å². The van der Waals surface area contributed by atoms with E-state index in [1.807, 2.05) is 24.3 Å². The van der Waals surface area contributed by atoms with E-state index in [0.717, 1.165) is 31.6 Å². The number of carbonyl (C=O) groups excluding carboxylic acids is 1. The number of para-hydroxylation sites is 1. The molecule has 0 aliphatic carbocycles. The molecule has 1 saturated heterocycles. The lowest BCUT2D eigenvalue weighted by atomic mass is 9.95. The molecule has 0 unspecified atom stereocenters. The maximum absolute atomic E-state index is 12.3. The van der Waals surface area contributed by atoms with Gasteiger partial charge in [-0.1, -0.05) is 24.3 Å². The van der Waals surface area contributed by atoms with Gasteiger partial charge in [0.15, 0.2) is 0 Å². The Labute approximate surface area is 131 Å². The Hall–Kier alpha value is -2.36. The number of piperidine rings is 1. The Bertz CT molecular complexity index is 592. The van der Waals surface area contributed by atoms with Crippen molar-refractivity contribution in [3.05, 3.63) is 60.4 Å². The average molecular weight is 295 g/mol. The first-order valence-corrected chi connectivity index (χ1v) is 7.80. The van der Waals surface area contributed by atoms with Crippen molar-refractivity contribution in [3.63, 3.8) is 0 Å². The summed E-state index contributed by atoms with van der Waals surface area (Å²) in [5.41, 5.74) is 2.15. The van der Waals surface area contributed by atoms with Gasteiger partial charge in [0.2, 0.25) is 5.91 Å². The number of amides is 1. The molecule has 1 aromatic carbocycles. The van der Waals surface area contributed by atoms with Gasteiger partial charge >= 0.3 is 0 Å². The lowest BCUT2D eigenvalue weighted by Gasteiger charge is -2.33. The van der Waals surface area contributed by atoms with Gasteiger partial charge in [0.25, 0.3) is 0 Å². The first-order valence-electron chi connectivity index (χ1n) is 7.80. The lowest BCUT2D eigenvalue weighted by molar-refractivity contribution is -0.125. The molecule has 1 amide bonds. The minimum absolute atomic E-state index is 0.115. The van der Waals surface area contributed by atoms with Crippen LogP contribution < -0.4 is 10.2 Å². The molecule has 0 bridgehead atoms. The Morgan fingerprint density at radius 1 is 1.09 bits per heavy atom. The van der Waals surface area contributed by atoms with Crippen LogP contribution in [0.15, 0.2) is 54.7 Å². The molecule has 0 spiro atoms. The van der Waals surface area contributed by atoms with Gasteiger partial charge in [-0.2, -0.15) is 0 Å². The summed E-state index contributed by atoms with van der Waals surface area (Å²) in [5, 5.41) is 3.00. The van der Waals surface area contributed by atoms with E-state index in [0.29, 0.717) is 6.54 Å². The molecule has 1 aliphatic heterocycles. The predicted octanol–water partition coefficient (Wildman–Crippen LogP) is 2.61. The molecule has 0 saturated carbocycles. The summed E-state index contributed by atoms with van der Waals surface area (Å²) in [4.78, 5) is 18.8. The predicted molar refractivity (Wildman–Crippen MR) is 87.5 cm³/mol. The number of hydrogen-bond donors (Lipinski definition) is 1. The van der Waals surface area contributed by atoms with Crippen molar-refractivity contribution in [3.8, 4) is 0 Å². The van der Waals surface area contributed by atoms with Crippen molar-refractivity contribution in [2.24, 2.45) is 5.92 Å². The van der Waals surface area contributed by atoms with Crippen molar-refractivity contribution >= 4 is 11.6 Å². The zero-order valence-corrected chi connectivity index (χ0v) is 12.6. The topological polar surface area (TPSA) is 45.2 Å². The van der Waals surface area contributed by atoms with Gasteiger partial charge in [0.1, 0.15) is 0 Å². The van der Waals surface area contributed by atoms with Crippen LogP contribution in [-0.4, -0.2) is 24.0 Å². The highest BCUT2D eigenvalue weighted by atomic mass is 16.1. The summed E-state index contributed by atoms with van der Waals surface area (Å²) in [5.74, 6) is 0.266. The van der Waals surface area contributed by atoms with Crippen molar-refractivity contribution in [2.75, 3.05) is 18.0 Å². The van der Waals surface area contributed by atoms with E-state index in [1.165, 1.54) is 5.69 Å². The van der Waals surface area contributed by atoms with Gasteiger partial charge in [-0.15, -0.1) is 0 Å². The van der Waals surface area contributed by atoms with Crippen LogP contribution in [0.4, 0.5) is 5.69 Å². The monoisotopic (exact) mass is 295 g/mol. The number of benzene rings is 1. The van der Waals surface area contributed by atoms with E-state index < -0.39 is 0 Å². The maximum Gasteiger partial charge on any atom is 0.223 e. The highest BCUT2D eigenvalue weighted by Crippen LogP contribution is 2.23. The highest BCUT2D eigenvalue weighted by molar-refractivity contribution is 5.78. The normalized spacial score (nSPS) is 15.5. The molecule has 1 aromatic heterocycles. The third-order valence-corrected chi connectivity index (χ3v) is 4.16. The van der Waals surface area contributed by atoms with Crippen LogP contribution in [0.2, 0.25) is 0 Å². The minimum atomic E-state index is 0.115. The number of hydrogen-bond acceptors (Lipinski definition) is 3. The van der Waals surface area contributed by atoms with Crippen molar-refractivity contribution in [2.45, 2.75) is 19.4 Å². The molecule has 1 fully saturated rings. The van der Waals surface area contributed by atoms with E-state index in [2.05, 4.69) is 39.5 Å². The number of nitrogens with one attached hydrogen (secondary N) is 1. The fraction of sp³-hybridized carbons (Fsp3) is 0.333.